The smallest absolute Gasteiger partial charge is 0.320 e. The number of H-pyrrole nitrogens is 1. The van der Waals surface area contributed by atoms with Crippen LogP contribution in [0.3, 0.4) is 0 Å². The van der Waals surface area contributed by atoms with Gasteiger partial charge in [0.05, 0.1) is 30.2 Å². The van der Waals surface area contributed by atoms with Gasteiger partial charge in [0.2, 0.25) is 0 Å². The molecular formula is C27H28N8O. The number of carbonyl (C=O) groups is 1. The number of pyridine rings is 2. The van der Waals surface area contributed by atoms with Gasteiger partial charge in [-0.15, -0.1) is 0 Å². The van der Waals surface area contributed by atoms with Crippen molar-refractivity contribution in [2.45, 2.75) is 52.2 Å². The number of carbonyl (C=O) groups excluding carboxylic acids is 1. The number of hydrogen-bond acceptors (Lipinski definition) is 5. The van der Waals surface area contributed by atoms with Gasteiger partial charge >= 0.3 is 6.03 Å². The molecule has 0 radical (unpaired) electrons. The molecule has 1 saturated heterocycles. The van der Waals surface area contributed by atoms with Crippen molar-refractivity contribution in [1.29, 1.82) is 0 Å². The maximum Gasteiger partial charge on any atom is 0.320 e. The van der Waals surface area contributed by atoms with Crippen LogP contribution in [0.2, 0.25) is 0 Å². The predicted molar refractivity (Wildman–Crippen MR) is 135 cm³/mol. The van der Waals surface area contributed by atoms with Crippen molar-refractivity contribution in [3.8, 4) is 34.0 Å². The van der Waals surface area contributed by atoms with Crippen LogP contribution >= 0.6 is 0 Å². The Morgan fingerprint density at radius 3 is 2.69 bits per heavy atom. The number of nitrogens with zero attached hydrogens (tertiary/aromatic N) is 7. The SMILES string of the molecule is Cc1cccc(-c2nn3c(c2-c2ccnc(-c4nc5c([nH]4)CN(C(=O)N4CCCC4)C5)c2)CCC3)n1. The molecule has 0 spiro atoms. The van der Waals surface area contributed by atoms with Gasteiger partial charge in [0.15, 0.2) is 5.82 Å². The van der Waals surface area contributed by atoms with Crippen LogP contribution < -0.4 is 0 Å². The van der Waals surface area contributed by atoms with E-state index in [-0.39, 0.29) is 6.03 Å². The van der Waals surface area contributed by atoms with Gasteiger partial charge in [0.1, 0.15) is 11.4 Å². The molecule has 1 fully saturated rings. The molecule has 7 heterocycles. The van der Waals surface area contributed by atoms with Gasteiger partial charge in [-0.05, 0) is 62.4 Å². The van der Waals surface area contributed by atoms with Crippen LogP contribution in [-0.4, -0.2) is 58.6 Å². The van der Waals surface area contributed by atoms with Crippen LogP contribution in [-0.2, 0) is 26.1 Å². The van der Waals surface area contributed by atoms with Gasteiger partial charge in [0, 0.05) is 42.8 Å². The zero-order valence-corrected chi connectivity index (χ0v) is 20.4. The number of nitrogens with one attached hydrogen (secondary N) is 1. The molecule has 3 aliphatic rings. The molecule has 9 heteroatoms. The van der Waals surface area contributed by atoms with Crippen LogP contribution in [0.5, 0.6) is 0 Å². The molecule has 0 aromatic carbocycles. The summed E-state index contributed by atoms with van der Waals surface area (Å²) >= 11 is 0. The Morgan fingerprint density at radius 2 is 1.86 bits per heavy atom. The first-order valence-corrected chi connectivity index (χ1v) is 12.8. The van der Waals surface area contributed by atoms with Gasteiger partial charge in [-0.3, -0.25) is 14.6 Å². The van der Waals surface area contributed by atoms with Crippen LogP contribution in [0.1, 0.15) is 42.0 Å². The molecule has 0 bridgehead atoms. The number of urea groups is 1. The Hall–Kier alpha value is -4.01. The molecular weight excluding hydrogens is 452 g/mol. The van der Waals surface area contributed by atoms with E-state index in [1.165, 1.54) is 5.69 Å². The molecule has 7 rings (SSSR count). The van der Waals surface area contributed by atoms with Crippen molar-refractivity contribution in [3.63, 3.8) is 0 Å². The third-order valence-corrected chi connectivity index (χ3v) is 7.46. The molecule has 9 nitrogen and oxygen atoms in total. The zero-order valence-electron chi connectivity index (χ0n) is 20.4. The van der Waals surface area contributed by atoms with E-state index in [4.69, 9.17) is 15.1 Å². The van der Waals surface area contributed by atoms with E-state index in [1.54, 1.807) is 0 Å². The summed E-state index contributed by atoms with van der Waals surface area (Å²) in [7, 11) is 0. The number of aromatic amines is 1. The normalized spacial score (nSPS) is 16.6. The van der Waals surface area contributed by atoms with Gasteiger partial charge in [-0.2, -0.15) is 5.10 Å². The van der Waals surface area contributed by atoms with E-state index in [9.17, 15) is 4.79 Å². The largest absolute Gasteiger partial charge is 0.339 e. The van der Waals surface area contributed by atoms with Gasteiger partial charge < -0.3 is 14.8 Å². The number of aromatic nitrogens is 6. The predicted octanol–water partition coefficient (Wildman–Crippen LogP) is 4.18. The van der Waals surface area contributed by atoms with Crippen molar-refractivity contribution in [1.82, 2.24) is 39.5 Å². The van der Waals surface area contributed by atoms with Crippen LogP contribution in [0.25, 0.3) is 34.0 Å². The number of fused-ring (bicyclic) bond motifs is 2. The highest BCUT2D eigenvalue weighted by molar-refractivity contribution is 5.83. The Morgan fingerprint density at radius 1 is 0.972 bits per heavy atom. The van der Waals surface area contributed by atoms with Crippen LogP contribution in [0.15, 0.2) is 36.5 Å². The molecule has 3 aliphatic heterocycles. The van der Waals surface area contributed by atoms with E-state index in [2.05, 4.69) is 20.7 Å². The lowest BCUT2D eigenvalue weighted by atomic mass is 10.00. The van der Waals surface area contributed by atoms with E-state index in [0.29, 0.717) is 13.1 Å². The van der Waals surface area contributed by atoms with E-state index < -0.39 is 0 Å². The molecule has 2 amide bonds. The number of aryl methyl sites for hydroxylation is 2. The lowest BCUT2D eigenvalue weighted by Gasteiger charge is -2.23. The first kappa shape index (κ1) is 21.3. The number of hydrogen-bond donors (Lipinski definition) is 1. The zero-order chi connectivity index (χ0) is 24.2. The second kappa shape index (κ2) is 8.29. The number of rotatable bonds is 3. The summed E-state index contributed by atoms with van der Waals surface area (Å²) < 4.78 is 2.13. The third-order valence-electron chi connectivity index (χ3n) is 7.46. The summed E-state index contributed by atoms with van der Waals surface area (Å²) in [6, 6.07) is 10.3. The van der Waals surface area contributed by atoms with Crippen molar-refractivity contribution in [2.24, 2.45) is 0 Å². The van der Waals surface area contributed by atoms with E-state index >= 15 is 0 Å². The van der Waals surface area contributed by atoms with Crippen molar-refractivity contribution >= 4 is 6.03 Å². The lowest BCUT2D eigenvalue weighted by Crippen LogP contribution is -2.38. The fraction of sp³-hybridized carbons (Fsp3) is 0.370. The fourth-order valence-electron chi connectivity index (χ4n) is 5.70. The van der Waals surface area contributed by atoms with Crippen molar-refractivity contribution in [2.75, 3.05) is 13.1 Å². The van der Waals surface area contributed by atoms with E-state index in [1.807, 2.05) is 47.2 Å². The highest BCUT2D eigenvalue weighted by Crippen LogP contribution is 2.38. The molecule has 1 N–H and O–H groups in total. The average molecular weight is 481 g/mol. The summed E-state index contributed by atoms with van der Waals surface area (Å²) in [5, 5.41) is 4.95. The minimum absolute atomic E-state index is 0.118. The highest BCUT2D eigenvalue weighted by Gasteiger charge is 2.31. The fourth-order valence-corrected chi connectivity index (χ4v) is 5.70. The van der Waals surface area contributed by atoms with Gasteiger partial charge in [-0.25, -0.2) is 9.78 Å². The van der Waals surface area contributed by atoms with Gasteiger partial charge in [0.25, 0.3) is 0 Å². The molecule has 36 heavy (non-hydrogen) atoms. The summed E-state index contributed by atoms with van der Waals surface area (Å²) in [6.45, 7) is 5.77. The summed E-state index contributed by atoms with van der Waals surface area (Å²) in [6.07, 6.45) is 6.14. The van der Waals surface area contributed by atoms with Crippen LogP contribution in [0, 0.1) is 6.92 Å². The third kappa shape index (κ3) is 3.49. The van der Waals surface area contributed by atoms with Crippen molar-refractivity contribution < 1.29 is 4.79 Å². The number of likely N-dealkylation sites (tertiary alicyclic amines) is 1. The maximum absolute atomic E-state index is 12.8. The summed E-state index contributed by atoms with van der Waals surface area (Å²) in [4.78, 5) is 34.3. The molecule has 0 unspecified atom stereocenters. The van der Waals surface area contributed by atoms with Crippen molar-refractivity contribution in [3.05, 3.63) is 59.3 Å². The summed E-state index contributed by atoms with van der Waals surface area (Å²) in [5.41, 5.74) is 8.98. The molecule has 4 aromatic heterocycles. The minimum atomic E-state index is 0.118. The first-order chi connectivity index (χ1) is 17.6. The molecule has 0 atom stereocenters. The Bertz CT molecular complexity index is 1460. The lowest BCUT2D eigenvalue weighted by molar-refractivity contribution is 0.162. The maximum atomic E-state index is 12.8. The molecule has 4 aromatic rings. The first-order valence-electron chi connectivity index (χ1n) is 12.8. The topological polar surface area (TPSA) is 95.8 Å². The average Bonchev–Trinajstić information content (AvgIpc) is 3.69. The second-order valence-electron chi connectivity index (χ2n) is 9.93. The van der Waals surface area contributed by atoms with Gasteiger partial charge in [-0.1, -0.05) is 6.07 Å². The summed E-state index contributed by atoms with van der Waals surface area (Å²) in [5.74, 6) is 0.745. The monoisotopic (exact) mass is 480 g/mol. The quantitative estimate of drug-likeness (QED) is 0.475. The molecule has 0 aliphatic carbocycles. The Kier molecular flexibility index (Phi) is 4.90. The highest BCUT2D eigenvalue weighted by atomic mass is 16.2. The number of amides is 2. The second-order valence-corrected chi connectivity index (χ2v) is 9.93. The van der Waals surface area contributed by atoms with Crippen LogP contribution in [0.4, 0.5) is 4.79 Å². The molecule has 182 valence electrons. The Balaban J connectivity index is 1.21. The minimum Gasteiger partial charge on any atom is -0.339 e. The standard InChI is InChI=1S/C27H28N8O/c1-17-6-4-7-19(29-17)25-24(23-8-5-13-35(23)32-25)18-9-10-28-20(14-18)26-30-21-15-34(16-22(21)31-26)27(36)33-11-2-3-12-33/h4,6-7,9-10,14H,2-3,5,8,11-13,15-16H2,1H3,(H,30,31). The Labute approximate surface area is 209 Å². The van der Waals surface area contributed by atoms with E-state index in [0.717, 1.165) is 96.4 Å². The molecule has 0 saturated carbocycles. The number of imidazole rings is 1.